The van der Waals surface area contributed by atoms with E-state index in [4.69, 9.17) is 0 Å². The molecule has 4 heteroatoms. The molecule has 0 radical (unpaired) electrons. The number of likely N-dealkylation sites (tertiary alicyclic amines) is 1. The second-order valence-electron chi connectivity index (χ2n) is 5.57. The maximum absolute atomic E-state index is 12.5. The number of carbonyl (C=O) groups excluding carboxylic acids is 1. The van der Waals surface area contributed by atoms with Gasteiger partial charge in [-0.1, -0.05) is 37.3 Å². The summed E-state index contributed by atoms with van der Waals surface area (Å²) in [5.74, 6) is 0.734. The van der Waals surface area contributed by atoms with Crippen molar-refractivity contribution in [1.82, 2.24) is 9.88 Å². The number of amides is 1. The topological polar surface area (TPSA) is 33.2 Å². The number of nitrogens with zero attached hydrogens (tertiary/aromatic N) is 2. The summed E-state index contributed by atoms with van der Waals surface area (Å²) in [6.45, 7) is 3.81. The van der Waals surface area contributed by atoms with E-state index >= 15 is 0 Å². The Kier molecular flexibility index (Phi) is 4.34. The van der Waals surface area contributed by atoms with Crippen molar-refractivity contribution in [2.75, 3.05) is 13.1 Å². The summed E-state index contributed by atoms with van der Waals surface area (Å²) in [4.78, 5) is 19.5. The average Bonchev–Trinajstić information content (AvgIpc) is 3.16. The van der Waals surface area contributed by atoms with Gasteiger partial charge < -0.3 is 4.90 Å². The van der Waals surface area contributed by atoms with Crippen LogP contribution in [0, 0.1) is 5.92 Å². The Labute approximate surface area is 129 Å². The van der Waals surface area contributed by atoms with Gasteiger partial charge in [-0.05, 0) is 30.7 Å². The van der Waals surface area contributed by atoms with Crippen molar-refractivity contribution in [3.05, 3.63) is 52.0 Å². The number of hydrogen-bond donors (Lipinski definition) is 0. The molecule has 2 aromatic rings. The molecular weight excluding hydrogens is 280 g/mol. The van der Waals surface area contributed by atoms with Gasteiger partial charge in [-0.3, -0.25) is 4.79 Å². The third-order valence-corrected chi connectivity index (χ3v) is 5.14. The Balaban J connectivity index is 1.60. The largest absolute Gasteiger partial charge is 0.338 e. The van der Waals surface area contributed by atoms with Crippen molar-refractivity contribution in [1.29, 1.82) is 0 Å². The maximum atomic E-state index is 12.5. The average molecular weight is 300 g/mol. The summed E-state index contributed by atoms with van der Waals surface area (Å²) in [6.07, 6.45) is 4.79. The van der Waals surface area contributed by atoms with Crippen molar-refractivity contribution < 1.29 is 4.79 Å². The molecular formula is C17H20N2OS. The summed E-state index contributed by atoms with van der Waals surface area (Å²) >= 11 is 1.53. The molecule has 1 saturated heterocycles. The number of carbonyl (C=O) groups is 1. The zero-order valence-corrected chi connectivity index (χ0v) is 13.1. The van der Waals surface area contributed by atoms with E-state index in [1.54, 1.807) is 6.20 Å². The molecule has 1 atom stereocenters. The van der Waals surface area contributed by atoms with Crippen LogP contribution in [0.25, 0.3) is 0 Å². The fourth-order valence-electron chi connectivity index (χ4n) is 2.86. The van der Waals surface area contributed by atoms with Crippen LogP contribution in [0.1, 0.15) is 33.6 Å². The second kappa shape index (κ2) is 6.39. The fraction of sp³-hybridized carbons (Fsp3) is 0.412. The van der Waals surface area contributed by atoms with E-state index in [9.17, 15) is 4.79 Å². The highest BCUT2D eigenvalue weighted by atomic mass is 32.1. The number of rotatable bonds is 4. The Morgan fingerprint density at radius 2 is 2.19 bits per heavy atom. The summed E-state index contributed by atoms with van der Waals surface area (Å²) in [5.41, 5.74) is 1.36. The number of aromatic nitrogens is 1. The Bertz CT molecular complexity index is 608. The molecule has 1 aliphatic heterocycles. The lowest BCUT2D eigenvalue weighted by Crippen LogP contribution is -2.28. The van der Waals surface area contributed by atoms with Crippen LogP contribution in [0.5, 0.6) is 0 Å². The first kappa shape index (κ1) is 14.3. The van der Waals surface area contributed by atoms with Crippen LogP contribution in [0.4, 0.5) is 0 Å². The SMILES string of the molecule is CCc1ncc(C(=O)N2CCC(Cc3ccccc3)C2)s1. The molecule has 3 nitrogen and oxygen atoms in total. The minimum Gasteiger partial charge on any atom is -0.338 e. The highest BCUT2D eigenvalue weighted by Crippen LogP contribution is 2.24. The first-order valence-corrected chi connectivity index (χ1v) is 8.36. The third kappa shape index (κ3) is 3.32. The molecule has 1 aromatic carbocycles. The highest BCUT2D eigenvalue weighted by molar-refractivity contribution is 7.13. The minimum atomic E-state index is 0.155. The van der Waals surface area contributed by atoms with Gasteiger partial charge >= 0.3 is 0 Å². The standard InChI is InChI=1S/C17H20N2OS/c1-2-16-18-11-15(21-16)17(20)19-9-8-14(12-19)10-13-6-4-3-5-7-13/h3-7,11,14H,2,8-10,12H2,1H3. The molecule has 0 saturated carbocycles. The molecule has 1 amide bonds. The molecule has 1 unspecified atom stereocenters. The molecule has 0 aliphatic carbocycles. The Morgan fingerprint density at radius 3 is 2.90 bits per heavy atom. The predicted molar refractivity (Wildman–Crippen MR) is 85.6 cm³/mol. The molecule has 21 heavy (non-hydrogen) atoms. The predicted octanol–water partition coefficient (Wildman–Crippen LogP) is 3.41. The zero-order valence-electron chi connectivity index (χ0n) is 12.3. The van der Waals surface area contributed by atoms with Crippen molar-refractivity contribution in [2.24, 2.45) is 5.92 Å². The number of aryl methyl sites for hydroxylation is 1. The second-order valence-corrected chi connectivity index (χ2v) is 6.68. The first-order chi connectivity index (χ1) is 10.3. The summed E-state index contributed by atoms with van der Waals surface area (Å²) in [5, 5.41) is 1.04. The van der Waals surface area contributed by atoms with Gasteiger partial charge in [0.15, 0.2) is 0 Å². The van der Waals surface area contributed by atoms with E-state index < -0.39 is 0 Å². The van der Waals surface area contributed by atoms with Gasteiger partial charge in [0.05, 0.1) is 11.2 Å². The molecule has 0 bridgehead atoms. The quantitative estimate of drug-likeness (QED) is 0.867. The highest BCUT2D eigenvalue weighted by Gasteiger charge is 2.27. The van der Waals surface area contributed by atoms with Crippen molar-refractivity contribution >= 4 is 17.2 Å². The van der Waals surface area contributed by atoms with Crippen LogP contribution in [-0.4, -0.2) is 28.9 Å². The summed E-state index contributed by atoms with van der Waals surface area (Å²) in [6, 6.07) is 10.5. The normalized spacial score (nSPS) is 18.1. The monoisotopic (exact) mass is 300 g/mol. The third-order valence-electron chi connectivity index (χ3n) is 4.01. The van der Waals surface area contributed by atoms with E-state index in [1.165, 1.54) is 16.9 Å². The molecule has 110 valence electrons. The number of benzene rings is 1. The molecule has 0 spiro atoms. The minimum absolute atomic E-state index is 0.155. The van der Waals surface area contributed by atoms with Crippen LogP contribution in [0.2, 0.25) is 0 Å². The summed E-state index contributed by atoms with van der Waals surface area (Å²) < 4.78 is 0. The van der Waals surface area contributed by atoms with Gasteiger partial charge in [-0.25, -0.2) is 4.98 Å². The van der Waals surface area contributed by atoms with Crippen molar-refractivity contribution in [3.8, 4) is 0 Å². The Morgan fingerprint density at radius 1 is 1.38 bits per heavy atom. The van der Waals surface area contributed by atoms with Gasteiger partial charge in [-0.15, -0.1) is 11.3 Å². The van der Waals surface area contributed by atoms with E-state index in [0.29, 0.717) is 5.92 Å². The molecule has 2 heterocycles. The lowest BCUT2D eigenvalue weighted by Gasteiger charge is -2.15. The molecule has 1 fully saturated rings. The van der Waals surface area contributed by atoms with Crippen LogP contribution < -0.4 is 0 Å². The van der Waals surface area contributed by atoms with Crippen LogP contribution in [-0.2, 0) is 12.8 Å². The Hall–Kier alpha value is -1.68. The maximum Gasteiger partial charge on any atom is 0.265 e. The zero-order chi connectivity index (χ0) is 14.7. The van der Waals surface area contributed by atoms with Gasteiger partial charge in [0, 0.05) is 13.1 Å². The van der Waals surface area contributed by atoms with Crippen LogP contribution in [0.15, 0.2) is 36.5 Å². The fourth-order valence-corrected chi connectivity index (χ4v) is 3.68. The van der Waals surface area contributed by atoms with Gasteiger partial charge in [0.25, 0.3) is 5.91 Å². The lowest BCUT2D eigenvalue weighted by atomic mass is 9.99. The first-order valence-electron chi connectivity index (χ1n) is 7.54. The van der Waals surface area contributed by atoms with Gasteiger partial charge in [0.1, 0.15) is 4.88 Å². The van der Waals surface area contributed by atoms with Gasteiger partial charge in [-0.2, -0.15) is 0 Å². The number of thiazole rings is 1. The lowest BCUT2D eigenvalue weighted by molar-refractivity contribution is 0.0791. The van der Waals surface area contributed by atoms with E-state index in [2.05, 4.69) is 36.2 Å². The molecule has 3 rings (SSSR count). The van der Waals surface area contributed by atoms with E-state index in [0.717, 1.165) is 42.2 Å². The van der Waals surface area contributed by atoms with E-state index in [1.807, 2.05) is 11.0 Å². The number of hydrogen-bond acceptors (Lipinski definition) is 3. The van der Waals surface area contributed by atoms with Crippen molar-refractivity contribution in [2.45, 2.75) is 26.2 Å². The van der Waals surface area contributed by atoms with Crippen LogP contribution >= 0.6 is 11.3 Å². The smallest absolute Gasteiger partial charge is 0.265 e. The van der Waals surface area contributed by atoms with Crippen LogP contribution in [0.3, 0.4) is 0 Å². The summed E-state index contributed by atoms with van der Waals surface area (Å²) in [7, 11) is 0. The van der Waals surface area contributed by atoms with Crippen molar-refractivity contribution in [3.63, 3.8) is 0 Å². The van der Waals surface area contributed by atoms with Gasteiger partial charge in [0.2, 0.25) is 0 Å². The van der Waals surface area contributed by atoms with E-state index in [-0.39, 0.29) is 5.91 Å². The molecule has 0 N–H and O–H groups in total. The molecule has 1 aliphatic rings. The molecule has 1 aromatic heterocycles.